The maximum atomic E-state index is 10.0. The van der Waals surface area contributed by atoms with Crippen molar-refractivity contribution < 1.29 is 20.1 Å². The van der Waals surface area contributed by atoms with Gasteiger partial charge in [-0.15, -0.1) is 0 Å². The first-order valence-corrected chi connectivity index (χ1v) is 11.2. The Morgan fingerprint density at radius 3 is 2.19 bits per heavy atom. The highest BCUT2D eigenvalue weighted by atomic mass is 16.5. The Morgan fingerprint density at radius 1 is 0.968 bits per heavy atom. The van der Waals surface area contributed by atoms with Crippen LogP contribution in [0, 0.1) is 12.8 Å². The van der Waals surface area contributed by atoms with E-state index in [1.54, 1.807) is 0 Å². The van der Waals surface area contributed by atoms with E-state index in [-0.39, 0.29) is 24.5 Å². The molecule has 2 rings (SSSR count). The molecule has 0 saturated heterocycles. The highest BCUT2D eigenvalue weighted by Gasteiger charge is 2.26. The quantitative estimate of drug-likeness (QED) is 0.465. The minimum Gasteiger partial charge on any atom is -0.491 e. The van der Waals surface area contributed by atoms with Gasteiger partial charge in [-0.05, 0) is 65.6 Å². The molecule has 0 fully saturated rings. The fourth-order valence-electron chi connectivity index (χ4n) is 3.79. The number of aliphatic hydroxyl groups is 3. The zero-order valence-electron chi connectivity index (χ0n) is 19.6. The van der Waals surface area contributed by atoms with Crippen LogP contribution < -0.4 is 4.74 Å². The Kier molecular flexibility index (Phi) is 9.30. The summed E-state index contributed by atoms with van der Waals surface area (Å²) in [6.45, 7) is 10.5. The minimum atomic E-state index is -0.478. The van der Waals surface area contributed by atoms with Crippen LogP contribution in [0.3, 0.4) is 0 Å². The van der Waals surface area contributed by atoms with Gasteiger partial charge in [0.1, 0.15) is 12.4 Å². The van der Waals surface area contributed by atoms with Gasteiger partial charge in [-0.3, -0.25) is 0 Å². The van der Waals surface area contributed by atoms with Crippen molar-refractivity contribution in [3.8, 4) is 5.75 Å². The lowest BCUT2D eigenvalue weighted by molar-refractivity contribution is 0.0698. The summed E-state index contributed by atoms with van der Waals surface area (Å²) in [4.78, 5) is 0. The van der Waals surface area contributed by atoms with Crippen LogP contribution in [0.2, 0.25) is 0 Å². The summed E-state index contributed by atoms with van der Waals surface area (Å²) in [5.41, 5.74) is 4.69. The summed E-state index contributed by atoms with van der Waals surface area (Å²) >= 11 is 0. The van der Waals surface area contributed by atoms with Crippen molar-refractivity contribution in [2.75, 3.05) is 6.61 Å². The third-order valence-electron chi connectivity index (χ3n) is 6.36. The summed E-state index contributed by atoms with van der Waals surface area (Å²) in [6.07, 6.45) is 5.78. The molecule has 4 heteroatoms. The largest absolute Gasteiger partial charge is 0.491 e. The van der Waals surface area contributed by atoms with Crippen molar-refractivity contribution >= 4 is 6.08 Å². The summed E-state index contributed by atoms with van der Waals surface area (Å²) in [6, 6.07) is 12.1. The number of benzene rings is 2. The predicted molar refractivity (Wildman–Crippen MR) is 127 cm³/mol. The Labute approximate surface area is 187 Å². The first-order chi connectivity index (χ1) is 14.8. The van der Waals surface area contributed by atoms with Crippen molar-refractivity contribution in [3.63, 3.8) is 0 Å². The highest BCUT2D eigenvalue weighted by molar-refractivity contribution is 5.55. The van der Waals surface area contributed by atoms with E-state index in [1.165, 1.54) is 5.56 Å². The Morgan fingerprint density at radius 2 is 1.65 bits per heavy atom. The van der Waals surface area contributed by atoms with E-state index >= 15 is 0 Å². The smallest absolute Gasteiger partial charge is 0.122 e. The normalized spacial score (nSPS) is 13.2. The van der Waals surface area contributed by atoms with E-state index in [0.717, 1.165) is 40.8 Å². The van der Waals surface area contributed by atoms with Gasteiger partial charge in [-0.1, -0.05) is 64.1 Å². The van der Waals surface area contributed by atoms with Crippen molar-refractivity contribution in [1.29, 1.82) is 0 Å². The molecule has 0 spiro atoms. The number of ether oxygens (including phenoxy) is 1. The molecule has 0 heterocycles. The number of aliphatic hydroxyl groups excluding tert-OH is 3. The number of hydrogen-bond donors (Lipinski definition) is 3. The van der Waals surface area contributed by atoms with Crippen molar-refractivity contribution in [2.45, 2.75) is 72.2 Å². The van der Waals surface area contributed by atoms with Crippen LogP contribution in [-0.4, -0.2) is 28.0 Å². The Hall–Kier alpha value is -2.14. The van der Waals surface area contributed by atoms with E-state index in [0.29, 0.717) is 6.61 Å². The molecule has 0 saturated carbocycles. The summed E-state index contributed by atoms with van der Waals surface area (Å²) < 4.78 is 5.86. The SMILES string of the molecule is CCC(C=Cc1ccc(CO)c(CO)c1)(CC)c1ccc(OCC(O)C(C)C)c(C)c1. The van der Waals surface area contributed by atoms with E-state index in [9.17, 15) is 15.3 Å². The number of hydrogen-bond acceptors (Lipinski definition) is 4. The topological polar surface area (TPSA) is 69.9 Å². The first-order valence-electron chi connectivity index (χ1n) is 11.2. The molecular weight excluding hydrogens is 388 g/mol. The van der Waals surface area contributed by atoms with Gasteiger partial charge in [0, 0.05) is 5.41 Å². The van der Waals surface area contributed by atoms with Gasteiger partial charge in [-0.25, -0.2) is 0 Å². The predicted octanol–water partition coefficient (Wildman–Crippen LogP) is 5.15. The molecule has 170 valence electrons. The Bertz CT molecular complexity index is 866. The fourth-order valence-corrected chi connectivity index (χ4v) is 3.79. The maximum Gasteiger partial charge on any atom is 0.122 e. The summed E-state index contributed by atoms with van der Waals surface area (Å²) in [7, 11) is 0. The average Bonchev–Trinajstić information content (AvgIpc) is 2.78. The molecule has 0 bridgehead atoms. The molecule has 0 aromatic heterocycles. The molecule has 0 aliphatic rings. The molecule has 3 N–H and O–H groups in total. The molecule has 0 aliphatic carbocycles. The van der Waals surface area contributed by atoms with Crippen LogP contribution in [-0.2, 0) is 18.6 Å². The molecule has 4 nitrogen and oxygen atoms in total. The highest BCUT2D eigenvalue weighted by Crippen LogP contribution is 2.36. The third-order valence-corrected chi connectivity index (χ3v) is 6.36. The Balaban J connectivity index is 2.29. The van der Waals surface area contributed by atoms with Crippen LogP contribution in [0.5, 0.6) is 5.75 Å². The van der Waals surface area contributed by atoms with Gasteiger partial charge in [0.2, 0.25) is 0 Å². The number of rotatable bonds is 11. The summed E-state index contributed by atoms with van der Waals surface area (Å²) in [5, 5.41) is 29.0. The minimum absolute atomic E-state index is 0.0738. The lowest BCUT2D eigenvalue weighted by Gasteiger charge is -2.30. The van der Waals surface area contributed by atoms with E-state index in [4.69, 9.17) is 4.74 Å². The average molecular weight is 427 g/mol. The molecule has 31 heavy (non-hydrogen) atoms. The standard InChI is InChI=1S/C27H38O4/c1-6-27(7-2,13-12-21-8-9-22(16-28)23(15-21)17-29)24-10-11-26(20(5)14-24)31-18-25(30)19(3)4/h8-15,19,25,28-30H,6-7,16-18H2,1-5H3. The van der Waals surface area contributed by atoms with Gasteiger partial charge < -0.3 is 20.1 Å². The lowest BCUT2D eigenvalue weighted by atomic mass is 9.75. The second kappa shape index (κ2) is 11.5. The van der Waals surface area contributed by atoms with Crippen LogP contribution in [0.25, 0.3) is 6.08 Å². The van der Waals surface area contributed by atoms with Crippen LogP contribution in [0.4, 0.5) is 0 Å². The molecule has 1 atom stereocenters. The van der Waals surface area contributed by atoms with Gasteiger partial charge in [0.25, 0.3) is 0 Å². The van der Waals surface area contributed by atoms with E-state index < -0.39 is 6.10 Å². The second-order valence-electron chi connectivity index (χ2n) is 8.64. The number of aryl methyl sites for hydroxylation is 1. The molecule has 0 radical (unpaired) electrons. The number of allylic oxidation sites excluding steroid dienone is 1. The zero-order chi connectivity index (χ0) is 23.0. The molecular formula is C27H38O4. The molecule has 0 aliphatic heterocycles. The van der Waals surface area contributed by atoms with Crippen molar-refractivity contribution in [2.24, 2.45) is 5.92 Å². The summed E-state index contributed by atoms with van der Waals surface area (Å²) in [5.74, 6) is 0.969. The van der Waals surface area contributed by atoms with Crippen molar-refractivity contribution in [3.05, 3.63) is 70.3 Å². The molecule has 1 unspecified atom stereocenters. The van der Waals surface area contributed by atoms with Crippen LogP contribution in [0.1, 0.15) is 68.4 Å². The lowest BCUT2D eigenvalue weighted by Crippen LogP contribution is -2.24. The van der Waals surface area contributed by atoms with Crippen molar-refractivity contribution in [1.82, 2.24) is 0 Å². The molecule has 2 aromatic carbocycles. The van der Waals surface area contributed by atoms with Gasteiger partial charge in [-0.2, -0.15) is 0 Å². The fraction of sp³-hybridized carbons (Fsp3) is 0.481. The zero-order valence-corrected chi connectivity index (χ0v) is 19.6. The maximum absolute atomic E-state index is 10.0. The monoisotopic (exact) mass is 426 g/mol. The van der Waals surface area contributed by atoms with Crippen LogP contribution in [0.15, 0.2) is 42.5 Å². The van der Waals surface area contributed by atoms with Gasteiger partial charge in [0.05, 0.1) is 19.3 Å². The van der Waals surface area contributed by atoms with E-state index in [1.807, 2.05) is 45.0 Å². The first kappa shape index (κ1) is 25.1. The van der Waals surface area contributed by atoms with Crippen LogP contribution >= 0.6 is 0 Å². The van der Waals surface area contributed by atoms with Gasteiger partial charge in [0.15, 0.2) is 0 Å². The van der Waals surface area contributed by atoms with Gasteiger partial charge >= 0.3 is 0 Å². The third kappa shape index (κ3) is 6.19. The second-order valence-corrected chi connectivity index (χ2v) is 8.64. The van der Waals surface area contributed by atoms with E-state index in [2.05, 4.69) is 38.1 Å². The molecule has 0 amide bonds. The molecule has 2 aromatic rings.